The number of ether oxygens (including phenoxy) is 1. The molecule has 0 spiro atoms. The van der Waals surface area contributed by atoms with Gasteiger partial charge < -0.3 is 4.74 Å². The smallest absolute Gasteiger partial charge is 0.270 e. The molecule has 1 fully saturated rings. The first kappa shape index (κ1) is 16.7. The molecule has 128 valence electrons. The zero-order valence-corrected chi connectivity index (χ0v) is 15.4. The second-order valence-electron chi connectivity index (χ2n) is 5.50. The van der Waals surface area contributed by atoms with Gasteiger partial charge in [-0.05, 0) is 42.5 Å². The highest BCUT2D eigenvalue weighted by atomic mass is 32.2. The van der Waals surface area contributed by atoms with Gasteiger partial charge in [-0.25, -0.2) is 4.98 Å². The van der Waals surface area contributed by atoms with Crippen molar-refractivity contribution in [1.82, 2.24) is 9.97 Å². The van der Waals surface area contributed by atoms with E-state index in [0.29, 0.717) is 20.6 Å². The predicted molar refractivity (Wildman–Crippen MR) is 108 cm³/mol. The predicted octanol–water partition coefficient (Wildman–Crippen LogP) is 4.04. The quantitative estimate of drug-likeness (QED) is 0.506. The minimum absolute atomic E-state index is 0.167. The van der Waals surface area contributed by atoms with E-state index in [0.717, 1.165) is 16.8 Å². The molecule has 2 aromatic carbocycles. The molecular weight excluding hydrogens is 366 g/mol. The lowest BCUT2D eigenvalue weighted by atomic mass is 10.2. The Morgan fingerprint density at radius 3 is 2.58 bits per heavy atom. The molecule has 0 radical (unpaired) electrons. The summed E-state index contributed by atoms with van der Waals surface area (Å²) >= 11 is 6.65. The SMILES string of the molecule is COc1ccc(N2C(=O)C(=Cc3cnc4ccccc4n3)SC2=S)cc1. The average Bonchev–Trinajstić information content (AvgIpc) is 2.95. The number of thiocarbonyl (C=S) groups is 1. The van der Waals surface area contributed by atoms with E-state index >= 15 is 0 Å². The van der Waals surface area contributed by atoms with E-state index < -0.39 is 0 Å². The van der Waals surface area contributed by atoms with Crippen molar-refractivity contribution < 1.29 is 9.53 Å². The van der Waals surface area contributed by atoms with Gasteiger partial charge in [-0.15, -0.1) is 0 Å². The Bertz CT molecular complexity index is 1050. The van der Waals surface area contributed by atoms with Crippen LogP contribution >= 0.6 is 24.0 Å². The molecule has 2 heterocycles. The third-order valence-corrected chi connectivity index (χ3v) is 5.17. The van der Waals surface area contributed by atoms with Crippen LogP contribution in [0.3, 0.4) is 0 Å². The third-order valence-electron chi connectivity index (χ3n) is 3.87. The van der Waals surface area contributed by atoms with Gasteiger partial charge in [0.15, 0.2) is 4.32 Å². The highest BCUT2D eigenvalue weighted by Gasteiger charge is 2.33. The summed E-state index contributed by atoms with van der Waals surface area (Å²) in [5.41, 5.74) is 2.93. The summed E-state index contributed by atoms with van der Waals surface area (Å²) in [6, 6.07) is 14.8. The maximum absolute atomic E-state index is 12.8. The molecule has 1 aliphatic rings. The summed E-state index contributed by atoms with van der Waals surface area (Å²) in [5.74, 6) is 0.557. The zero-order chi connectivity index (χ0) is 18.1. The molecule has 0 atom stereocenters. The molecule has 0 N–H and O–H groups in total. The number of rotatable bonds is 3. The second-order valence-corrected chi connectivity index (χ2v) is 7.17. The van der Waals surface area contributed by atoms with Crippen LogP contribution in [0, 0.1) is 0 Å². The van der Waals surface area contributed by atoms with E-state index in [9.17, 15) is 4.79 Å². The summed E-state index contributed by atoms with van der Waals surface area (Å²) in [6.07, 6.45) is 3.38. The molecule has 4 rings (SSSR count). The average molecular weight is 379 g/mol. The largest absolute Gasteiger partial charge is 0.497 e. The van der Waals surface area contributed by atoms with E-state index in [-0.39, 0.29) is 5.91 Å². The summed E-state index contributed by atoms with van der Waals surface area (Å²) in [4.78, 5) is 23.8. The molecule has 26 heavy (non-hydrogen) atoms. The molecule has 3 aromatic rings. The molecule has 0 unspecified atom stereocenters. The second kappa shape index (κ2) is 6.86. The van der Waals surface area contributed by atoms with Crippen LogP contribution in [0.1, 0.15) is 5.69 Å². The molecule has 0 aliphatic carbocycles. The lowest BCUT2D eigenvalue weighted by Gasteiger charge is -2.14. The summed E-state index contributed by atoms with van der Waals surface area (Å²) in [5, 5.41) is 0. The lowest BCUT2D eigenvalue weighted by molar-refractivity contribution is -0.113. The van der Waals surface area contributed by atoms with Gasteiger partial charge in [0.1, 0.15) is 5.75 Å². The summed E-state index contributed by atoms with van der Waals surface area (Å²) in [6.45, 7) is 0. The van der Waals surface area contributed by atoms with Crippen molar-refractivity contribution in [1.29, 1.82) is 0 Å². The van der Waals surface area contributed by atoms with Gasteiger partial charge in [0.05, 0.1) is 40.6 Å². The molecule has 1 saturated heterocycles. The molecule has 0 bridgehead atoms. The number of carbonyl (C=O) groups excluding carboxylic acids is 1. The van der Waals surface area contributed by atoms with Crippen molar-refractivity contribution in [2.24, 2.45) is 0 Å². The number of methoxy groups -OCH3 is 1. The van der Waals surface area contributed by atoms with Gasteiger partial charge >= 0.3 is 0 Å². The van der Waals surface area contributed by atoms with E-state index in [4.69, 9.17) is 17.0 Å². The van der Waals surface area contributed by atoms with Crippen LogP contribution in [0.25, 0.3) is 17.1 Å². The number of benzene rings is 2. The third kappa shape index (κ3) is 3.07. The molecule has 0 saturated carbocycles. The first-order valence-corrected chi connectivity index (χ1v) is 9.02. The fourth-order valence-electron chi connectivity index (χ4n) is 2.60. The van der Waals surface area contributed by atoms with Crippen molar-refractivity contribution in [3.8, 4) is 5.75 Å². The van der Waals surface area contributed by atoms with Gasteiger partial charge in [0.25, 0.3) is 5.91 Å². The Kier molecular flexibility index (Phi) is 4.40. The number of aromatic nitrogens is 2. The maximum Gasteiger partial charge on any atom is 0.270 e. The minimum atomic E-state index is -0.167. The van der Waals surface area contributed by atoms with Crippen LogP contribution in [0.4, 0.5) is 5.69 Å². The van der Waals surface area contributed by atoms with E-state index in [1.807, 2.05) is 36.4 Å². The van der Waals surface area contributed by atoms with Crippen LogP contribution in [-0.2, 0) is 4.79 Å². The fraction of sp³-hybridized carbons (Fsp3) is 0.0526. The van der Waals surface area contributed by atoms with Crippen molar-refractivity contribution in [3.05, 3.63) is 65.3 Å². The zero-order valence-electron chi connectivity index (χ0n) is 13.7. The summed E-state index contributed by atoms with van der Waals surface area (Å²) in [7, 11) is 1.60. The van der Waals surface area contributed by atoms with Crippen molar-refractivity contribution in [3.63, 3.8) is 0 Å². The molecule has 5 nitrogen and oxygen atoms in total. The Labute approximate surface area is 159 Å². The number of para-hydroxylation sites is 2. The highest BCUT2D eigenvalue weighted by Crippen LogP contribution is 2.36. The van der Waals surface area contributed by atoms with Gasteiger partial charge in [-0.1, -0.05) is 36.1 Å². The molecule has 7 heteroatoms. The van der Waals surface area contributed by atoms with Crippen LogP contribution in [0.15, 0.2) is 59.6 Å². The Hall–Kier alpha value is -2.77. The fourth-order valence-corrected chi connectivity index (χ4v) is 3.88. The van der Waals surface area contributed by atoms with Gasteiger partial charge in [-0.2, -0.15) is 0 Å². The van der Waals surface area contributed by atoms with E-state index in [2.05, 4.69) is 9.97 Å². The van der Waals surface area contributed by atoms with E-state index in [1.54, 1.807) is 31.5 Å². The van der Waals surface area contributed by atoms with Crippen LogP contribution in [0.2, 0.25) is 0 Å². The van der Waals surface area contributed by atoms with Crippen LogP contribution in [-0.4, -0.2) is 27.3 Å². The Morgan fingerprint density at radius 2 is 1.85 bits per heavy atom. The van der Waals surface area contributed by atoms with Gasteiger partial charge in [0.2, 0.25) is 0 Å². The van der Waals surface area contributed by atoms with Crippen molar-refractivity contribution in [2.75, 3.05) is 12.0 Å². The van der Waals surface area contributed by atoms with Crippen molar-refractivity contribution >= 4 is 57.0 Å². The number of hydrogen-bond acceptors (Lipinski definition) is 6. The van der Waals surface area contributed by atoms with Crippen LogP contribution < -0.4 is 9.64 Å². The standard InChI is InChI=1S/C19H13N3O2S2/c1-24-14-8-6-13(7-9-14)22-18(23)17(26-19(22)25)10-12-11-20-15-4-2-3-5-16(15)21-12/h2-11H,1H3. The molecule has 1 amide bonds. The monoisotopic (exact) mass is 379 g/mol. The first-order chi connectivity index (χ1) is 12.7. The number of anilines is 1. The normalized spacial score (nSPS) is 15.9. The molecular formula is C19H13N3O2S2. The number of thioether (sulfide) groups is 1. The topological polar surface area (TPSA) is 55.3 Å². The highest BCUT2D eigenvalue weighted by molar-refractivity contribution is 8.27. The Morgan fingerprint density at radius 1 is 1.12 bits per heavy atom. The Balaban J connectivity index is 1.65. The van der Waals surface area contributed by atoms with Crippen LogP contribution in [0.5, 0.6) is 5.75 Å². The summed E-state index contributed by atoms with van der Waals surface area (Å²) < 4.78 is 5.64. The van der Waals surface area contributed by atoms with Gasteiger partial charge in [-0.3, -0.25) is 14.7 Å². The van der Waals surface area contributed by atoms with Gasteiger partial charge in [0, 0.05) is 0 Å². The number of hydrogen-bond donors (Lipinski definition) is 0. The first-order valence-electron chi connectivity index (χ1n) is 7.79. The van der Waals surface area contributed by atoms with Crippen molar-refractivity contribution in [2.45, 2.75) is 0 Å². The maximum atomic E-state index is 12.8. The number of carbonyl (C=O) groups is 1. The lowest BCUT2D eigenvalue weighted by Crippen LogP contribution is -2.27. The minimum Gasteiger partial charge on any atom is -0.497 e. The molecule has 1 aliphatic heterocycles. The number of amides is 1. The number of fused-ring (bicyclic) bond motifs is 1. The van der Waals surface area contributed by atoms with E-state index in [1.165, 1.54) is 16.7 Å². The molecule has 1 aromatic heterocycles. The number of nitrogens with zero attached hydrogens (tertiary/aromatic N) is 3.